The van der Waals surface area contributed by atoms with E-state index in [0.717, 1.165) is 17.0 Å². The van der Waals surface area contributed by atoms with E-state index in [1.807, 2.05) is 18.5 Å². The zero-order valence-electron chi connectivity index (χ0n) is 8.05. The van der Waals surface area contributed by atoms with Gasteiger partial charge in [0.15, 0.2) is 0 Å². The topological polar surface area (TPSA) is 17.8 Å². The third-order valence-corrected chi connectivity index (χ3v) is 1.96. The van der Waals surface area contributed by atoms with Crippen LogP contribution in [0.2, 0.25) is 0 Å². The number of hydrogen-bond acceptors (Lipinski definition) is 1. The van der Waals surface area contributed by atoms with Crippen LogP contribution in [0.5, 0.6) is 0 Å². The zero-order valence-corrected chi connectivity index (χ0v) is 8.05. The monoisotopic (exact) mass is 162 g/mol. The Morgan fingerprint density at radius 3 is 2.25 bits per heavy atom. The molecule has 1 aromatic heterocycles. The van der Waals surface area contributed by atoms with Gasteiger partial charge in [-0.2, -0.15) is 5.10 Å². The van der Waals surface area contributed by atoms with Crippen molar-refractivity contribution in [2.24, 2.45) is 0 Å². The minimum absolute atomic E-state index is 0.380. The highest BCUT2D eigenvalue weighted by Crippen LogP contribution is 2.15. The van der Waals surface area contributed by atoms with E-state index in [1.165, 1.54) is 0 Å². The van der Waals surface area contributed by atoms with Crippen molar-refractivity contribution in [3.8, 4) is 12.3 Å². The molecule has 12 heavy (non-hydrogen) atoms. The van der Waals surface area contributed by atoms with Gasteiger partial charge in [-0.15, -0.1) is 6.42 Å². The summed E-state index contributed by atoms with van der Waals surface area (Å²) in [6.07, 6.45) is 5.36. The molecule has 0 amide bonds. The van der Waals surface area contributed by atoms with Crippen LogP contribution in [-0.4, -0.2) is 9.78 Å². The Labute approximate surface area is 73.6 Å². The van der Waals surface area contributed by atoms with Gasteiger partial charge in [0.1, 0.15) is 0 Å². The molecule has 0 aromatic carbocycles. The Hall–Kier alpha value is -1.23. The van der Waals surface area contributed by atoms with Crippen molar-refractivity contribution >= 4 is 0 Å². The van der Waals surface area contributed by atoms with Crippen LogP contribution < -0.4 is 0 Å². The molecule has 0 saturated heterocycles. The molecular formula is C10H14N2. The maximum absolute atomic E-state index is 5.36. The quantitative estimate of drug-likeness (QED) is 0.578. The van der Waals surface area contributed by atoms with Crippen LogP contribution in [-0.2, 0) is 0 Å². The highest BCUT2D eigenvalue weighted by Gasteiger charge is 2.10. The lowest BCUT2D eigenvalue weighted by atomic mass is 10.2. The van der Waals surface area contributed by atoms with E-state index in [9.17, 15) is 0 Å². The van der Waals surface area contributed by atoms with Crippen molar-refractivity contribution in [1.82, 2.24) is 9.78 Å². The van der Waals surface area contributed by atoms with Gasteiger partial charge in [0.25, 0.3) is 0 Å². The predicted octanol–water partition coefficient (Wildman–Crippen LogP) is 2.06. The lowest BCUT2D eigenvalue weighted by Crippen LogP contribution is -2.04. The van der Waals surface area contributed by atoms with Crippen molar-refractivity contribution in [3.05, 3.63) is 17.0 Å². The van der Waals surface area contributed by atoms with Crippen molar-refractivity contribution in [1.29, 1.82) is 0 Å². The molecule has 0 radical (unpaired) electrons. The second-order valence-electron chi connectivity index (χ2n) is 3.23. The number of rotatable bonds is 1. The van der Waals surface area contributed by atoms with Crippen LogP contribution in [0.25, 0.3) is 0 Å². The first-order chi connectivity index (χ1) is 5.57. The van der Waals surface area contributed by atoms with Crippen LogP contribution in [0, 0.1) is 26.2 Å². The fourth-order valence-electron chi connectivity index (χ4n) is 1.37. The third-order valence-electron chi connectivity index (χ3n) is 1.96. The third kappa shape index (κ3) is 1.23. The predicted molar refractivity (Wildman–Crippen MR) is 50.0 cm³/mol. The minimum atomic E-state index is 0.380. The van der Waals surface area contributed by atoms with Crippen LogP contribution in [0.4, 0.5) is 0 Å². The summed E-state index contributed by atoms with van der Waals surface area (Å²) >= 11 is 0. The minimum Gasteiger partial charge on any atom is -0.266 e. The molecule has 1 aromatic rings. The van der Waals surface area contributed by atoms with Crippen molar-refractivity contribution < 1.29 is 0 Å². The summed E-state index contributed by atoms with van der Waals surface area (Å²) in [6, 6.07) is 0.380. The second-order valence-corrected chi connectivity index (χ2v) is 3.23. The number of terminal acetylenes is 1. The molecule has 0 fully saturated rings. The van der Waals surface area contributed by atoms with Gasteiger partial charge in [-0.25, -0.2) is 0 Å². The van der Waals surface area contributed by atoms with E-state index in [4.69, 9.17) is 6.42 Å². The lowest BCUT2D eigenvalue weighted by Gasteiger charge is -2.06. The number of aryl methyl sites for hydroxylation is 1. The SMILES string of the molecule is C#Cc1c(C)nn(C(C)C)c1C. The molecule has 0 bridgehead atoms. The molecule has 2 heteroatoms. The molecule has 0 spiro atoms. The molecule has 0 aliphatic carbocycles. The summed E-state index contributed by atoms with van der Waals surface area (Å²) in [7, 11) is 0. The van der Waals surface area contributed by atoms with E-state index < -0.39 is 0 Å². The molecule has 0 aliphatic heterocycles. The van der Waals surface area contributed by atoms with Crippen LogP contribution >= 0.6 is 0 Å². The molecule has 1 heterocycles. The average molecular weight is 162 g/mol. The van der Waals surface area contributed by atoms with Crippen molar-refractivity contribution in [2.45, 2.75) is 33.7 Å². The Kier molecular flexibility index (Phi) is 2.23. The van der Waals surface area contributed by atoms with E-state index in [2.05, 4.69) is 24.9 Å². The van der Waals surface area contributed by atoms with Gasteiger partial charge in [0.2, 0.25) is 0 Å². The lowest BCUT2D eigenvalue weighted by molar-refractivity contribution is 0.516. The van der Waals surface area contributed by atoms with E-state index in [1.54, 1.807) is 0 Å². The molecular weight excluding hydrogens is 148 g/mol. The fourth-order valence-corrected chi connectivity index (χ4v) is 1.37. The van der Waals surface area contributed by atoms with Gasteiger partial charge in [-0.3, -0.25) is 4.68 Å². The summed E-state index contributed by atoms with van der Waals surface area (Å²) in [5.74, 6) is 2.66. The number of hydrogen-bond donors (Lipinski definition) is 0. The average Bonchev–Trinajstić information content (AvgIpc) is 2.27. The fraction of sp³-hybridized carbons (Fsp3) is 0.500. The van der Waals surface area contributed by atoms with Crippen LogP contribution in [0.3, 0.4) is 0 Å². The summed E-state index contributed by atoms with van der Waals surface area (Å²) in [4.78, 5) is 0. The Bertz CT molecular complexity index is 326. The first kappa shape index (κ1) is 8.86. The highest BCUT2D eigenvalue weighted by atomic mass is 15.3. The molecule has 0 aliphatic rings. The molecule has 0 unspecified atom stereocenters. The molecule has 2 nitrogen and oxygen atoms in total. The molecule has 0 saturated carbocycles. The maximum atomic E-state index is 5.36. The Morgan fingerprint density at radius 1 is 1.42 bits per heavy atom. The first-order valence-corrected chi connectivity index (χ1v) is 4.10. The van der Waals surface area contributed by atoms with Crippen molar-refractivity contribution in [3.63, 3.8) is 0 Å². The number of nitrogens with zero attached hydrogens (tertiary/aromatic N) is 2. The van der Waals surface area contributed by atoms with Gasteiger partial charge in [0.05, 0.1) is 17.0 Å². The largest absolute Gasteiger partial charge is 0.266 e. The summed E-state index contributed by atoms with van der Waals surface area (Å²) in [5.41, 5.74) is 2.97. The van der Waals surface area contributed by atoms with Gasteiger partial charge in [-0.1, -0.05) is 5.92 Å². The second kappa shape index (κ2) is 3.02. The molecule has 1 rings (SSSR count). The normalized spacial score (nSPS) is 10.3. The maximum Gasteiger partial charge on any atom is 0.0753 e. The van der Waals surface area contributed by atoms with E-state index in [-0.39, 0.29) is 0 Å². The van der Waals surface area contributed by atoms with Crippen LogP contribution in [0.15, 0.2) is 0 Å². The smallest absolute Gasteiger partial charge is 0.0753 e. The van der Waals surface area contributed by atoms with Gasteiger partial charge >= 0.3 is 0 Å². The summed E-state index contributed by atoms with van der Waals surface area (Å²) in [5, 5.41) is 4.35. The zero-order chi connectivity index (χ0) is 9.30. The first-order valence-electron chi connectivity index (χ1n) is 4.10. The highest BCUT2D eigenvalue weighted by molar-refractivity contribution is 5.39. The molecule has 0 atom stereocenters. The van der Waals surface area contributed by atoms with E-state index >= 15 is 0 Å². The van der Waals surface area contributed by atoms with Crippen LogP contribution in [0.1, 0.15) is 36.8 Å². The van der Waals surface area contributed by atoms with Gasteiger partial charge in [-0.05, 0) is 27.7 Å². The van der Waals surface area contributed by atoms with Gasteiger partial charge in [0, 0.05) is 6.04 Å². The summed E-state index contributed by atoms with van der Waals surface area (Å²) < 4.78 is 1.96. The van der Waals surface area contributed by atoms with Crippen molar-refractivity contribution in [2.75, 3.05) is 0 Å². The molecule has 0 N–H and O–H groups in total. The standard InChI is InChI=1S/C10H14N2/c1-6-10-8(4)11-12(7(2)3)9(10)5/h1,7H,2-5H3. The van der Waals surface area contributed by atoms with E-state index in [0.29, 0.717) is 6.04 Å². The van der Waals surface area contributed by atoms with Gasteiger partial charge < -0.3 is 0 Å². The summed E-state index contributed by atoms with van der Waals surface area (Å²) in [6.45, 7) is 8.15. The Balaban J connectivity index is 3.29. The Morgan fingerprint density at radius 2 is 2.00 bits per heavy atom. The molecule has 64 valence electrons. The number of aromatic nitrogens is 2.